The smallest absolute Gasteiger partial charge is 0.115 e. The van der Waals surface area contributed by atoms with Gasteiger partial charge in [0.1, 0.15) is 5.75 Å². The lowest BCUT2D eigenvalue weighted by atomic mass is 10.0. The van der Waals surface area contributed by atoms with Crippen molar-refractivity contribution in [1.82, 2.24) is 9.78 Å². The van der Waals surface area contributed by atoms with E-state index in [1.165, 1.54) is 0 Å². The molecule has 1 aromatic heterocycles. The van der Waals surface area contributed by atoms with Gasteiger partial charge in [-0.1, -0.05) is 18.2 Å². The molecule has 0 fully saturated rings. The maximum Gasteiger partial charge on any atom is 0.115 e. The molecule has 0 aliphatic heterocycles. The van der Waals surface area contributed by atoms with E-state index in [2.05, 4.69) is 23.3 Å². The molecule has 0 aliphatic carbocycles. The monoisotopic (exact) mass is 224 g/mol. The zero-order chi connectivity index (χ0) is 11.8. The third kappa shape index (κ3) is 1.65. The standard InChI is InChI=1S/C14H12N2O/c1-16-14-7-4-11(8-12(14)9-15-16)10-2-5-13(17)6-3-10/h2-9,17H,1H3. The summed E-state index contributed by atoms with van der Waals surface area (Å²) in [5, 5.41) is 14.6. The Hall–Kier alpha value is -2.29. The number of aromatic hydroxyl groups is 1. The number of benzene rings is 2. The van der Waals surface area contributed by atoms with E-state index in [4.69, 9.17) is 0 Å². The summed E-state index contributed by atoms with van der Waals surface area (Å²) in [7, 11) is 1.93. The Bertz CT molecular complexity index is 668. The first kappa shape index (κ1) is 9.90. The molecule has 0 amide bonds. The maximum atomic E-state index is 9.27. The summed E-state index contributed by atoms with van der Waals surface area (Å²) in [6.07, 6.45) is 1.86. The molecule has 0 bridgehead atoms. The third-order valence-electron chi connectivity index (χ3n) is 2.95. The average Bonchev–Trinajstić information content (AvgIpc) is 2.72. The van der Waals surface area contributed by atoms with Crippen LogP contribution in [0.1, 0.15) is 0 Å². The molecule has 0 aliphatic rings. The van der Waals surface area contributed by atoms with E-state index in [0.29, 0.717) is 0 Å². The lowest BCUT2D eigenvalue weighted by Gasteiger charge is -2.02. The number of fused-ring (bicyclic) bond motifs is 1. The minimum Gasteiger partial charge on any atom is -0.508 e. The number of hydrogen-bond donors (Lipinski definition) is 1. The summed E-state index contributed by atoms with van der Waals surface area (Å²) in [6, 6.07) is 13.4. The Morgan fingerprint density at radius 3 is 2.47 bits per heavy atom. The molecule has 1 heterocycles. The first-order chi connectivity index (χ1) is 8.24. The van der Waals surface area contributed by atoms with Crippen LogP contribution >= 0.6 is 0 Å². The average molecular weight is 224 g/mol. The van der Waals surface area contributed by atoms with E-state index < -0.39 is 0 Å². The SMILES string of the molecule is Cn1ncc2cc(-c3ccc(O)cc3)ccc21. The molecule has 3 nitrogen and oxygen atoms in total. The van der Waals surface area contributed by atoms with E-state index in [-0.39, 0.29) is 5.75 Å². The largest absolute Gasteiger partial charge is 0.508 e. The van der Waals surface area contributed by atoms with Crippen molar-refractivity contribution in [1.29, 1.82) is 0 Å². The highest BCUT2D eigenvalue weighted by molar-refractivity contribution is 5.84. The molecule has 0 atom stereocenters. The highest BCUT2D eigenvalue weighted by Crippen LogP contribution is 2.25. The van der Waals surface area contributed by atoms with Crippen molar-refractivity contribution in [3.05, 3.63) is 48.7 Å². The van der Waals surface area contributed by atoms with Crippen LogP contribution in [0.4, 0.5) is 0 Å². The van der Waals surface area contributed by atoms with Gasteiger partial charge in [-0.05, 0) is 35.4 Å². The van der Waals surface area contributed by atoms with Crippen molar-refractivity contribution in [2.45, 2.75) is 0 Å². The highest BCUT2D eigenvalue weighted by atomic mass is 16.3. The maximum absolute atomic E-state index is 9.27. The Balaban J connectivity index is 2.14. The summed E-state index contributed by atoms with van der Waals surface area (Å²) in [4.78, 5) is 0. The summed E-state index contributed by atoms with van der Waals surface area (Å²) in [6.45, 7) is 0. The van der Waals surface area contributed by atoms with E-state index >= 15 is 0 Å². The van der Waals surface area contributed by atoms with Crippen molar-refractivity contribution in [2.75, 3.05) is 0 Å². The van der Waals surface area contributed by atoms with Crippen molar-refractivity contribution in [3.8, 4) is 16.9 Å². The fourth-order valence-electron chi connectivity index (χ4n) is 2.00. The highest BCUT2D eigenvalue weighted by Gasteiger charge is 2.02. The normalized spacial score (nSPS) is 10.9. The molecule has 0 saturated heterocycles. The fourth-order valence-corrected chi connectivity index (χ4v) is 2.00. The predicted octanol–water partition coefficient (Wildman–Crippen LogP) is 2.95. The van der Waals surface area contributed by atoms with Gasteiger partial charge in [-0.3, -0.25) is 4.68 Å². The van der Waals surface area contributed by atoms with Gasteiger partial charge in [-0.2, -0.15) is 5.10 Å². The Morgan fingerprint density at radius 2 is 1.71 bits per heavy atom. The summed E-state index contributed by atoms with van der Waals surface area (Å²) in [5.41, 5.74) is 3.34. The van der Waals surface area contributed by atoms with Gasteiger partial charge in [0.25, 0.3) is 0 Å². The molecular formula is C14H12N2O. The number of hydrogen-bond acceptors (Lipinski definition) is 2. The first-order valence-electron chi connectivity index (χ1n) is 5.45. The predicted molar refractivity (Wildman–Crippen MR) is 67.8 cm³/mol. The van der Waals surface area contributed by atoms with Crippen LogP contribution in [0.15, 0.2) is 48.7 Å². The van der Waals surface area contributed by atoms with E-state index in [1.807, 2.05) is 30.1 Å². The summed E-state index contributed by atoms with van der Waals surface area (Å²) < 4.78 is 1.86. The van der Waals surface area contributed by atoms with Gasteiger partial charge < -0.3 is 5.11 Å². The van der Waals surface area contributed by atoms with Crippen LogP contribution < -0.4 is 0 Å². The number of nitrogens with zero attached hydrogens (tertiary/aromatic N) is 2. The Kier molecular flexibility index (Phi) is 2.11. The van der Waals surface area contributed by atoms with Crippen LogP contribution in [0, 0.1) is 0 Å². The van der Waals surface area contributed by atoms with Gasteiger partial charge >= 0.3 is 0 Å². The van der Waals surface area contributed by atoms with Crippen LogP contribution in [-0.4, -0.2) is 14.9 Å². The van der Waals surface area contributed by atoms with Crippen molar-refractivity contribution in [2.24, 2.45) is 7.05 Å². The van der Waals surface area contributed by atoms with Gasteiger partial charge in [0, 0.05) is 12.4 Å². The molecular weight excluding hydrogens is 212 g/mol. The Labute approximate surface area is 98.9 Å². The molecule has 0 unspecified atom stereocenters. The molecule has 84 valence electrons. The van der Waals surface area contributed by atoms with Crippen molar-refractivity contribution >= 4 is 10.9 Å². The van der Waals surface area contributed by atoms with Gasteiger partial charge in [0.15, 0.2) is 0 Å². The van der Waals surface area contributed by atoms with Gasteiger partial charge in [-0.25, -0.2) is 0 Å². The molecule has 3 aromatic rings. The van der Waals surface area contributed by atoms with Gasteiger partial charge in [-0.15, -0.1) is 0 Å². The van der Waals surface area contributed by atoms with Crippen LogP contribution in [-0.2, 0) is 7.05 Å². The van der Waals surface area contributed by atoms with Gasteiger partial charge in [0.05, 0.1) is 11.7 Å². The second-order valence-electron chi connectivity index (χ2n) is 4.09. The molecule has 17 heavy (non-hydrogen) atoms. The summed E-state index contributed by atoms with van der Waals surface area (Å²) in [5.74, 6) is 0.288. The second kappa shape index (κ2) is 3.63. The lowest BCUT2D eigenvalue weighted by Crippen LogP contribution is -1.88. The van der Waals surface area contributed by atoms with Crippen LogP contribution in [0.25, 0.3) is 22.0 Å². The number of aryl methyl sites for hydroxylation is 1. The number of phenols is 1. The van der Waals surface area contributed by atoms with Crippen molar-refractivity contribution < 1.29 is 5.11 Å². The number of phenolic OH excluding ortho intramolecular Hbond substituents is 1. The number of rotatable bonds is 1. The molecule has 0 saturated carbocycles. The fraction of sp³-hybridized carbons (Fsp3) is 0.0714. The van der Waals surface area contributed by atoms with E-state index in [1.54, 1.807) is 12.1 Å². The summed E-state index contributed by atoms with van der Waals surface area (Å²) >= 11 is 0. The zero-order valence-corrected chi connectivity index (χ0v) is 9.46. The molecule has 0 spiro atoms. The Morgan fingerprint density at radius 1 is 1.00 bits per heavy atom. The van der Waals surface area contributed by atoms with Gasteiger partial charge in [0.2, 0.25) is 0 Å². The molecule has 2 aromatic carbocycles. The number of aromatic nitrogens is 2. The van der Waals surface area contributed by atoms with Crippen LogP contribution in [0.5, 0.6) is 5.75 Å². The minimum absolute atomic E-state index is 0.288. The van der Waals surface area contributed by atoms with Crippen LogP contribution in [0.3, 0.4) is 0 Å². The molecule has 3 rings (SSSR count). The quantitative estimate of drug-likeness (QED) is 0.690. The molecule has 1 N–H and O–H groups in total. The second-order valence-corrected chi connectivity index (χ2v) is 4.09. The molecule has 0 radical (unpaired) electrons. The van der Waals surface area contributed by atoms with E-state index in [0.717, 1.165) is 22.0 Å². The first-order valence-corrected chi connectivity index (χ1v) is 5.45. The lowest BCUT2D eigenvalue weighted by molar-refractivity contribution is 0.475. The third-order valence-corrected chi connectivity index (χ3v) is 2.95. The minimum atomic E-state index is 0.288. The molecule has 3 heteroatoms. The van der Waals surface area contributed by atoms with Crippen LogP contribution in [0.2, 0.25) is 0 Å². The van der Waals surface area contributed by atoms with Crippen molar-refractivity contribution in [3.63, 3.8) is 0 Å². The zero-order valence-electron chi connectivity index (χ0n) is 9.46. The van der Waals surface area contributed by atoms with E-state index in [9.17, 15) is 5.11 Å². The topological polar surface area (TPSA) is 38.0 Å².